The normalized spacial score (nSPS) is 14.2. The minimum atomic E-state index is -1.81. The van der Waals surface area contributed by atoms with Crippen LogP contribution in [0.15, 0.2) is 109 Å². The second kappa shape index (κ2) is 15.5. The van der Waals surface area contributed by atoms with Gasteiger partial charge in [0.25, 0.3) is 0 Å². The third kappa shape index (κ3) is 8.86. The molecule has 0 heterocycles. The van der Waals surface area contributed by atoms with E-state index in [-0.39, 0.29) is 23.3 Å². The zero-order valence-electron chi connectivity index (χ0n) is 22.1. The molecule has 0 bridgehead atoms. The Balaban J connectivity index is 1.64. The van der Waals surface area contributed by atoms with Crippen LogP contribution in [0.5, 0.6) is 11.5 Å². The molecule has 4 atom stereocenters. The molecule has 2 N–H and O–H groups in total. The third-order valence-electron chi connectivity index (χ3n) is 6.59. The van der Waals surface area contributed by atoms with Crippen LogP contribution in [0.3, 0.4) is 0 Å². The van der Waals surface area contributed by atoms with E-state index in [1.165, 1.54) is 11.1 Å². The number of ether oxygens (including phenoxy) is 2. The highest BCUT2D eigenvalue weighted by molar-refractivity contribution is 7.79. The van der Waals surface area contributed by atoms with Crippen LogP contribution in [-0.4, -0.2) is 42.2 Å². The van der Waals surface area contributed by atoms with Crippen LogP contribution in [0.2, 0.25) is 0 Å². The average Bonchev–Trinajstić information content (AvgIpc) is 2.98. The molecule has 4 unspecified atom stereocenters. The van der Waals surface area contributed by atoms with Gasteiger partial charge >= 0.3 is 0 Å². The van der Waals surface area contributed by atoms with E-state index in [9.17, 15) is 8.42 Å². The van der Waals surface area contributed by atoms with Crippen molar-refractivity contribution in [3.05, 3.63) is 131 Å². The van der Waals surface area contributed by atoms with Gasteiger partial charge < -0.3 is 18.6 Å². The van der Waals surface area contributed by atoms with Crippen LogP contribution in [0, 0.1) is 0 Å². The van der Waals surface area contributed by atoms with Crippen LogP contribution in [0.1, 0.15) is 46.9 Å². The maximum absolute atomic E-state index is 10.9. The highest BCUT2D eigenvalue weighted by Crippen LogP contribution is 2.43. The van der Waals surface area contributed by atoms with Gasteiger partial charge in [-0.1, -0.05) is 84.9 Å². The first-order chi connectivity index (χ1) is 19.5. The molecule has 0 saturated carbocycles. The van der Waals surface area contributed by atoms with Crippen molar-refractivity contribution < 1.29 is 27.0 Å². The van der Waals surface area contributed by atoms with Gasteiger partial charge in [0.15, 0.2) is 22.2 Å². The standard InChI is InChI=1S/C32H34O6S2/c33-39(34)23-7-21-37-29-17-13-27(14-18-29)31(25-9-3-1-4-10-25)32(26-11-5-2-6-12-26)28-15-19-30(20-16-28)38-22-8-24-40(35)36/h1-6,9-20,31-32H,7-8,21-24H2,(H,33,34)(H,35,36). The number of hydrogen-bond donors (Lipinski definition) is 2. The first-order valence-electron chi connectivity index (χ1n) is 13.2. The molecule has 0 aliphatic heterocycles. The van der Waals surface area contributed by atoms with Gasteiger partial charge in [-0.05, 0) is 59.4 Å². The highest BCUT2D eigenvalue weighted by Gasteiger charge is 2.28. The molecule has 4 aromatic rings. The number of rotatable bonds is 15. The molecule has 0 aliphatic carbocycles. The summed E-state index contributed by atoms with van der Waals surface area (Å²) in [5.74, 6) is 1.87. The maximum Gasteiger partial charge on any atom is 0.152 e. The van der Waals surface area contributed by atoms with E-state index in [1.54, 1.807) is 0 Å². The minimum Gasteiger partial charge on any atom is -0.494 e. The summed E-state index contributed by atoms with van der Waals surface area (Å²) in [5.41, 5.74) is 4.66. The van der Waals surface area contributed by atoms with E-state index in [4.69, 9.17) is 18.6 Å². The maximum atomic E-state index is 10.9. The number of benzene rings is 4. The third-order valence-corrected chi connectivity index (χ3v) is 7.87. The Kier molecular flexibility index (Phi) is 11.5. The van der Waals surface area contributed by atoms with Crippen molar-refractivity contribution >= 4 is 22.2 Å². The lowest BCUT2D eigenvalue weighted by Gasteiger charge is -2.30. The fourth-order valence-electron chi connectivity index (χ4n) is 4.76. The summed E-state index contributed by atoms with van der Waals surface area (Å²) < 4.78 is 51.3. The fourth-order valence-corrected chi connectivity index (χ4v) is 5.49. The van der Waals surface area contributed by atoms with Gasteiger partial charge in [0.2, 0.25) is 0 Å². The minimum absolute atomic E-state index is 0.0146. The Labute approximate surface area is 241 Å². The summed E-state index contributed by atoms with van der Waals surface area (Å²) in [6, 6.07) is 37.1. The van der Waals surface area contributed by atoms with Gasteiger partial charge in [-0.3, -0.25) is 0 Å². The second-order valence-corrected chi connectivity index (χ2v) is 11.5. The molecule has 0 fully saturated rings. The summed E-state index contributed by atoms with van der Waals surface area (Å²) in [6.07, 6.45) is 1.02. The van der Waals surface area contributed by atoms with Gasteiger partial charge in [0.1, 0.15) is 11.5 Å². The molecule has 4 rings (SSSR count). The van der Waals surface area contributed by atoms with Crippen molar-refractivity contribution in [2.45, 2.75) is 24.7 Å². The van der Waals surface area contributed by atoms with Crippen molar-refractivity contribution in [1.29, 1.82) is 0 Å². The topological polar surface area (TPSA) is 93.1 Å². The van der Waals surface area contributed by atoms with Crippen molar-refractivity contribution in [2.75, 3.05) is 24.7 Å². The molecule has 40 heavy (non-hydrogen) atoms. The molecule has 0 spiro atoms. The first kappa shape index (κ1) is 29.7. The lowest BCUT2D eigenvalue weighted by molar-refractivity contribution is 0.317. The Bertz CT molecular complexity index is 1240. The molecule has 4 aromatic carbocycles. The highest BCUT2D eigenvalue weighted by atomic mass is 32.2. The van der Waals surface area contributed by atoms with Gasteiger partial charge in [-0.2, -0.15) is 0 Å². The SMILES string of the molecule is O=S(O)CCCOc1ccc(C(c2ccccc2)C(c2ccccc2)c2ccc(OCCCS(=O)O)cc2)cc1. The molecule has 0 radical (unpaired) electrons. The molecule has 0 aromatic heterocycles. The van der Waals surface area contributed by atoms with E-state index >= 15 is 0 Å². The molecule has 0 saturated heterocycles. The van der Waals surface area contributed by atoms with Crippen molar-refractivity contribution in [3.8, 4) is 11.5 Å². The quantitative estimate of drug-likeness (QED) is 0.121. The van der Waals surface area contributed by atoms with E-state index in [1.807, 2.05) is 36.4 Å². The second-order valence-electron chi connectivity index (χ2n) is 9.37. The Morgan fingerprint density at radius 3 is 1.15 bits per heavy atom. The van der Waals surface area contributed by atoms with Gasteiger partial charge in [-0.25, -0.2) is 8.42 Å². The smallest absolute Gasteiger partial charge is 0.152 e. The Morgan fingerprint density at radius 2 is 0.825 bits per heavy atom. The summed E-state index contributed by atoms with van der Waals surface area (Å²) in [5, 5.41) is 0. The lowest BCUT2D eigenvalue weighted by atomic mass is 9.74. The van der Waals surface area contributed by atoms with E-state index in [0.29, 0.717) is 26.1 Å². The van der Waals surface area contributed by atoms with E-state index in [2.05, 4.69) is 72.8 Å². The van der Waals surface area contributed by atoms with Crippen LogP contribution >= 0.6 is 0 Å². The average molecular weight is 579 g/mol. The van der Waals surface area contributed by atoms with Crippen molar-refractivity contribution in [2.24, 2.45) is 0 Å². The van der Waals surface area contributed by atoms with Crippen molar-refractivity contribution in [1.82, 2.24) is 0 Å². The Hall–Kier alpha value is -3.30. The molecule has 0 amide bonds. The summed E-state index contributed by atoms with van der Waals surface area (Å²) in [7, 11) is 0. The summed E-state index contributed by atoms with van der Waals surface area (Å²) in [4.78, 5) is 0. The fraction of sp³-hybridized carbons (Fsp3) is 0.250. The van der Waals surface area contributed by atoms with Crippen LogP contribution in [-0.2, 0) is 22.2 Å². The zero-order valence-corrected chi connectivity index (χ0v) is 23.8. The molecule has 0 aliphatic rings. The molecule has 8 heteroatoms. The largest absolute Gasteiger partial charge is 0.494 e. The van der Waals surface area contributed by atoms with Gasteiger partial charge in [0.05, 0.1) is 24.7 Å². The van der Waals surface area contributed by atoms with Crippen LogP contribution in [0.4, 0.5) is 0 Å². The van der Waals surface area contributed by atoms with Gasteiger partial charge in [-0.15, -0.1) is 0 Å². The van der Waals surface area contributed by atoms with E-state index in [0.717, 1.165) is 22.6 Å². The van der Waals surface area contributed by atoms with Crippen LogP contribution < -0.4 is 9.47 Å². The molecular weight excluding hydrogens is 544 g/mol. The molecule has 6 nitrogen and oxygen atoms in total. The predicted molar refractivity (Wildman–Crippen MR) is 161 cm³/mol. The summed E-state index contributed by atoms with van der Waals surface area (Å²) in [6.45, 7) is 0.763. The zero-order chi connectivity index (χ0) is 28.2. The monoisotopic (exact) mass is 578 g/mol. The van der Waals surface area contributed by atoms with Crippen molar-refractivity contribution in [3.63, 3.8) is 0 Å². The lowest BCUT2D eigenvalue weighted by Crippen LogP contribution is -2.15. The first-order valence-corrected chi connectivity index (χ1v) is 15.8. The van der Waals surface area contributed by atoms with Gasteiger partial charge in [0, 0.05) is 11.8 Å². The molecule has 210 valence electrons. The number of hydrogen-bond acceptors (Lipinski definition) is 4. The molecular formula is C32H34O6S2. The Morgan fingerprint density at radius 1 is 0.500 bits per heavy atom. The van der Waals surface area contributed by atoms with E-state index < -0.39 is 22.2 Å². The predicted octanol–water partition coefficient (Wildman–Crippen LogP) is 6.63. The summed E-state index contributed by atoms with van der Waals surface area (Å²) >= 11 is -3.62. The van der Waals surface area contributed by atoms with Crippen LogP contribution in [0.25, 0.3) is 0 Å².